The maximum absolute atomic E-state index is 12.9. The molecule has 0 unspecified atom stereocenters. The number of fused-ring (bicyclic) bond motifs is 2. The second kappa shape index (κ2) is 5.67. The molecule has 0 spiro atoms. The predicted molar refractivity (Wildman–Crippen MR) is 86.8 cm³/mol. The lowest BCUT2D eigenvalue weighted by Gasteiger charge is -2.35. The van der Waals surface area contributed by atoms with Gasteiger partial charge in [-0.25, -0.2) is 4.79 Å². The topological polar surface area (TPSA) is 66.8 Å². The van der Waals surface area contributed by atoms with E-state index in [1.165, 1.54) is 4.90 Å². The van der Waals surface area contributed by atoms with Gasteiger partial charge in [0, 0.05) is 13.0 Å². The number of nitrogens with zero attached hydrogens (tertiary/aromatic N) is 1. The van der Waals surface area contributed by atoms with Crippen LogP contribution in [0.25, 0.3) is 0 Å². The number of rotatable bonds is 2. The summed E-state index contributed by atoms with van der Waals surface area (Å²) >= 11 is 0. The summed E-state index contributed by atoms with van der Waals surface area (Å²) in [4.78, 5) is 26.2. The fourth-order valence-corrected chi connectivity index (χ4v) is 3.58. The van der Waals surface area contributed by atoms with Crippen molar-refractivity contribution in [2.45, 2.75) is 25.0 Å². The number of carbonyl (C=O) groups excluding carboxylic acids is 1. The van der Waals surface area contributed by atoms with Crippen molar-refractivity contribution in [3.8, 4) is 5.75 Å². The monoisotopic (exact) mass is 323 g/mol. The van der Waals surface area contributed by atoms with Gasteiger partial charge in [0.1, 0.15) is 5.75 Å². The van der Waals surface area contributed by atoms with Gasteiger partial charge in [-0.05, 0) is 29.2 Å². The van der Waals surface area contributed by atoms with Gasteiger partial charge in [-0.3, -0.25) is 4.79 Å². The number of carboxylic acid groups (broad SMARTS) is 1. The number of aliphatic carboxylic acids is 1. The van der Waals surface area contributed by atoms with E-state index in [1.54, 1.807) is 6.07 Å². The number of hydrogen-bond donors (Lipinski definition) is 1. The molecule has 0 bridgehead atoms. The van der Waals surface area contributed by atoms with Crippen LogP contribution in [0.2, 0.25) is 0 Å². The van der Waals surface area contributed by atoms with Crippen LogP contribution < -0.4 is 4.74 Å². The summed E-state index contributed by atoms with van der Waals surface area (Å²) in [6.07, 6.45) is 0.500. The summed E-state index contributed by atoms with van der Waals surface area (Å²) in [5, 5.41) is 9.69. The summed E-state index contributed by atoms with van der Waals surface area (Å²) in [6.45, 7) is 0.392. The van der Waals surface area contributed by atoms with Crippen LogP contribution in [0, 0.1) is 0 Å². The Morgan fingerprint density at radius 2 is 1.75 bits per heavy atom. The summed E-state index contributed by atoms with van der Waals surface area (Å²) in [6, 6.07) is 14.0. The molecule has 2 aliphatic rings. The van der Waals surface area contributed by atoms with Crippen LogP contribution in [-0.2, 0) is 22.4 Å². The zero-order valence-electron chi connectivity index (χ0n) is 13.0. The normalized spacial score (nSPS) is 21.6. The fraction of sp³-hybridized carbons (Fsp3) is 0.263. The summed E-state index contributed by atoms with van der Waals surface area (Å²) in [5.74, 6) is -0.556. The molecule has 2 aromatic carbocycles. The van der Waals surface area contributed by atoms with Crippen molar-refractivity contribution in [2.75, 3.05) is 6.54 Å². The van der Waals surface area contributed by atoms with Crippen LogP contribution >= 0.6 is 0 Å². The quantitative estimate of drug-likeness (QED) is 0.920. The highest BCUT2D eigenvalue weighted by atomic mass is 16.5. The number of benzene rings is 2. The Hall–Kier alpha value is -2.82. The van der Waals surface area contributed by atoms with E-state index in [4.69, 9.17) is 4.74 Å². The molecule has 5 nitrogen and oxygen atoms in total. The summed E-state index contributed by atoms with van der Waals surface area (Å²) in [7, 11) is 0. The molecule has 0 aliphatic carbocycles. The smallest absolute Gasteiger partial charge is 0.331 e. The van der Waals surface area contributed by atoms with Crippen LogP contribution in [-0.4, -0.2) is 34.5 Å². The zero-order chi connectivity index (χ0) is 16.7. The van der Waals surface area contributed by atoms with Crippen molar-refractivity contribution in [1.82, 2.24) is 4.90 Å². The second-order valence-electron chi connectivity index (χ2n) is 6.14. The molecule has 24 heavy (non-hydrogen) atoms. The molecule has 2 heterocycles. The fourth-order valence-electron chi connectivity index (χ4n) is 3.58. The number of para-hydroxylation sites is 1. The largest absolute Gasteiger partial charge is 0.480 e. The van der Waals surface area contributed by atoms with Crippen LogP contribution in [0.3, 0.4) is 0 Å². The molecule has 2 aromatic rings. The second-order valence-corrected chi connectivity index (χ2v) is 6.14. The van der Waals surface area contributed by atoms with E-state index >= 15 is 0 Å². The molecule has 1 amide bonds. The molecule has 4 rings (SSSR count). The maximum Gasteiger partial charge on any atom is 0.331 e. The third-order valence-corrected chi connectivity index (χ3v) is 4.72. The molecule has 0 saturated carbocycles. The standard InChI is InChI=1S/C19H17NO4/c21-18(16-11-13-6-2-4-8-15(13)24-16)20-10-9-12-5-1-3-7-14(12)17(20)19(22)23/h1-8,16-17H,9-11H2,(H,22,23)/t16-,17+/m1/s1. The van der Waals surface area contributed by atoms with Crippen LogP contribution in [0.1, 0.15) is 22.7 Å². The third kappa shape index (κ3) is 2.33. The zero-order valence-corrected chi connectivity index (χ0v) is 13.0. The molecule has 1 N–H and O–H groups in total. The minimum Gasteiger partial charge on any atom is -0.480 e. The van der Waals surface area contributed by atoms with Gasteiger partial charge in [0.2, 0.25) is 0 Å². The first-order chi connectivity index (χ1) is 11.6. The van der Waals surface area contributed by atoms with E-state index in [0.717, 1.165) is 11.1 Å². The molecule has 122 valence electrons. The lowest BCUT2D eigenvalue weighted by molar-refractivity contribution is -0.154. The minimum atomic E-state index is -1.01. The number of carboxylic acids is 1. The molecule has 0 saturated heterocycles. The molecular formula is C19H17NO4. The Kier molecular flexibility index (Phi) is 3.49. The van der Waals surface area contributed by atoms with Crippen molar-refractivity contribution < 1.29 is 19.4 Å². The molecule has 0 radical (unpaired) electrons. The van der Waals surface area contributed by atoms with Crippen molar-refractivity contribution >= 4 is 11.9 Å². The Balaban J connectivity index is 1.62. The Bertz CT molecular complexity index is 792. The van der Waals surface area contributed by atoms with E-state index in [2.05, 4.69) is 0 Å². The highest BCUT2D eigenvalue weighted by molar-refractivity contribution is 5.89. The first-order valence-electron chi connectivity index (χ1n) is 8.01. The number of hydrogen-bond acceptors (Lipinski definition) is 3. The van der Waals surface area contributed by atoms with Gasteiger partial charge in [-0.15, -0.1) is 0 Å². The Morgan fingerprint density at radius 1 is 1.04 bits per heavy atom. The van der Waals surface area contributed by atoms with Gasteiger partial charge in [0.05, 0.1) is 0 Å². The van der Waals surface area contributed by atoms with Crippen molar-refractivity contribution in [3.63, 3.8) is 0 Å². The lowest BCUT2D eigenvalue weighted by Crippen LogP contribution is -2.48. The van der Waals surface area contributed by atoms with E-state index in [1.807, 2.05) is 42.5 Å². The van der Waals surface area contributed by atoms with Crippen LogP contribution in [0.4, 0.5) is 0 Å². The van der Waals surface area contributed by atoms with Crippen LogP contribution in [0.5, 0.6) is 5.75 Å². The van der Waals surface area contributed by atoms with E-state index < -0.39 is 18.1 Å². The molecule has 0 aromatic heterocycles. The Labute approximate surface area is 139 Å². The van der Waals surface area contributed by atoms with Gasteiger partial charge in [-0.2, -0.15) is 0 Å². The minimum absolute atomic E-state index is 0.256. The van der Waals surface area contributed by atoms with E-state index in [0.29, 0.717) is 30.7 Å². The highest BCUT2D eigenvalue weighted by Gasteiger charge is 2.40. The van der Waals surface area contributed by atoms with Gasteiger partial charge < -0.3 is 14.7 Å². The number of amides is 1. The SMILES string of the molecule is O=C(O)[C@@H]1c2ccccc2CCN1C(=O)[C@H]1Cc2ccccc2O1. The van der Waals surface area contributed by atoms with Gasteiger partial charge in [-0.1, -0.05) is 42.5 Å². The molecule has 0 fully saturated rings. The van der Waals surface area contributed by atoms with Gasteiger partial charge in [0.25, 0.3) is 5.91 Å². The van der Waals surface area contributed by atoms with Gasteiger partial charge >= 0.3 is 5.97 Å². The third-order valence-electron chi connectivity index (χ3n) is 4.72. The van der Waals surface area contributed by atoms with Crippen molar-refractivity contribution in [1.29, 1.82) is 0 Å². The average Bonchev–Trinajstić information content (AvgIpc) is 3.04. The Morgan fingerprint density at radius 3 is 2.50 bits per heavy atom. The van der Waals surface area contributed by atoms with E-state index in [-0.39, 0.29) is 5.91 Å². The molecule has 2 aliphatic heterocycles. The molecular weight excluding hydrogens is 306 g/mol. The highest BCUT2D eigenvalue weighted by Crippen LogP contribution is 2.34. The van der Waals surface area contributed by atoms with Gasteiger partial charge in [0.15, 0.2) is 12.1 Å². The van der Waals surface area contributed by atoms with Crippen LogP contribution in [0.15, 0.2) is 48.5 Å². The average molecular weight is 323 g/mol. The number of carbonyl (C=O) groups is 2. The molecule has 5 heteroatoms. The van der Waals surface area contributed by atoms with Crippen molar-refractivity contribution in [2.24, 2.45) is 0 Å². The first kappa shape index (κ1) is 14.8. The predicted octanol–water partition coefficient (Wildman–Crippen LogP) is 2.20. The summed E-state index contributed by atoms with van der Waals surface area (Å²) < 4.78 is 5.75. The first-order valence-corrected chi connectivity index (χ1v) is 8.01. The van der Waals surface area contributed by atoms with E-state index in [9.17, 15) is 14.7 Å². The molecule has 2 atom stereocenters. The van der Waals surface area contributed by atoms with Crippen molar-refractivity contribution in [3.05, 3.63) is 65.2 Å². The maximum atomic E-state index is 12.9. The summed E-state index contributed by atoms with van der Waals surface area (Å²) in [5.41, 5.74) is 2.67. The number of ether oxygens (including phenoxy) is 1. The lowest BCUT2D eigenvalue weighted by atomic mass is 9.92.